The van der Waals surface area contributed by atoms with Gasteiger partial charge in [0.1, 0.15) is 5.75 Å². The largest absolute Gasteiger partial charge is 0.436 e. The minimum Gasteiger partial charge on any atom is -0.436 e. The van der Waals surface area contributed by atoms with E-state index in [0.29, 0.717) is 10.2 Å². The zero-order valence-corrected chi connectivity index (χ0v) is 10.9. The summed E-state index contributed by atoms with van der Waals surface area (Å²) in [5, 5.41) is 0. The van der Waals surface area contributed by atoms with E-state index in [1.807, 2.05) is 31.2 Å². The highest BCUT2D eigenvalue weighted by Gasteiger charge is 2.09. The van der Waals surface area contributed by atoms with Gasteiger partial charge in [-0.3, -0.25) is 0 Å². The number of aryl methyl sites for hydroxylation is 1. The Hall–Kier alpha value is -1.42. The second kappa shape index (κ2) is 5.27. The van der Waals surface area contributed by atoms with Crippen LogP contribution in [-0.2, 0) is 6.42 Å². The molecule has 0 N–H and O–H groups in total. The van der Waals surface area contributed by atoms with Gasteiger partial charge in [-0.05, 0) is 40.0 Å². The molecule has 0 spiro atoms. The van der Waals surface area contributed by atoms with E-state index in [1.165, 1.54) is 12.3 Å². The third kappa shape index (κ3) is 2.82. The molecule has 1 aromatic carbocycles. The van der Waals surface area contributed by atoms with Crippen molar-refractivity contribution >= 4 is 15.9 Å². The van der Waals surface area contributed by atoms with Crippen molar-refractivity contribution in [2.45, 2.75) is 13.3 Å². The summed E-state index contributed by atoms with van der Waals surface area (Å²) in [6.45, 7) is 2.02. The molecule has 0 unspecified atom stereocenters. The van der Waals surface area contributed by atoms with Crippen LogP contribution in [0.4, 0.5) is 4.39 Å². The number of hydrogen-bond donors (Lipinski definition) is 0. The minimum atomic E-state index is -0.481. The summed E-state index contributed by atoms with van der Waals surface area (Å²) in [5.41, 5.74) is 1.02. The molecule has 2 rings (SSSR count). The fraction of sp³-hybridized carbons (Fsp3) is 0.154. The van der Waals surface area contributed by atoms with Crippen LogP contribution in [0.2, 0.25) is 0 Å². The third-order valence-corrected chi connectivity index (χ3v) is 2.77. The highest BCUT2D eigenvalue weighted by Crippen LogP contribution is 2.27. The van der Waals surface area contributed by atoms with Crippen LogP contribution < -0.4 is 4.74 Å². The van der Waals surface area contributed by atoms with Crippen LogP contribution in [0.5, 0.6) is 11.6 Å². The van der Waals surface area contributed by atoms with Crippen LogP contribution in [0.25, 0.3) is 0 Å². The van der Waals surface area contributed by atoms with E-state index < -0.39 is 5.82 Å². The maximum Gasteiger partial charge on any atom is 0.255 e. The first-order valence-corrected chi connectivity index (χ1v) is 6.07. The van der Waals surface area contributed by atoms with Gasteiger partial charge in [0.15, 0.2) is 5.82 Å². The molecule has 0 fully saturated rings. The third-order valence-electron chi connectivity index (χ3n) is 2.33. The van der Waals surface area contributed by atoms with Gasteiger partial charge in [0, 0.05) is 10.7 Å². The molecule has 0 atom stereocenters. The fourth-order valence-electron chi connectivity index (χ4n) is 1.48. The number of pyridine rings is 1. The zero-order valence-electron chi connectivity index (χ0n) is 9.28. The summed E-state index contributed by atoms with van der Waals surface area (Å²) in [4.78, 5) is 3.90. The summed E-state index contributed by atoms with van der Waals surface area (Å²) in [6.07, 6.45) is 2.33. The molecule has 0 saturated carbocycles. The fourth-order valence-corrected chi connectivity index (χ4v) is 1.78. The van der Waals surface area contributed by atoms with Gasteiger partial charge in [0.05, 0.1) is 0 Å². The van der Waals surface area contributed by atoms with E-state index in [2.05, 4.69) is 20.9 Å². The molecule has 0 bridgehead atoms. The minimum absolute atomic E-state index is 0.00546. The molecule has 0 aliphatic carbocycles. The van der Waals surface area contributed by atoms with Gasteiger partial charge in [0.25, 0.3) is 5.88 Å². The van der Waals surface area contributed by atoms with E-state index in [-0.39, 0.29) is 5.88 Å². The summed E-state index contributed by atoms with van der Waals surface area (Å²) in [6, 6.07) is 8.87. The number of nitrogens with zero attached hydrogens (tertiary/aromatic N) is 1. The van der Waals surface area contributed by atoms with Crippen LogP contribution in [0.1, 0.15) is 12.5 Å². The second-order valence-corrected chi connectivity index (χ2v) is 4.42. The van der Waals surface area contributed by atoms with E-state index in [0.717, 1.165) is 12.0 Å². The number of halogens is 2. The molecule has 0 aliphatic rings. The van der Waals surface area contributed by atoms with Crippen molar-refractivity contribution in [2.75, 3.05) is 0 Å². The van der Waals surface area contributed by atoms with Gasteiger partial charge in [-0.2, -0.15) is 0 Å². The quantitative estimate of drug-likeness (QED) is 0.840. The summed E-state index contributed by atoms with van der Waals surface area (Å²) in [7, 11) is 0. The van der Waals surface area contributed by atoms with Gasteiger partial charge in [-0.15, -0.1) is 0 Å². The molecule has 2 nitrogen and oxygen atoms in total. The van der Waals surface area contributed by atoms with Crippen molar-refractivity contribution in [1.82, 2.24) is 4.98 Å². The Bertz CT molecular complexity index is 531. The van der Waals surface area contributed by atoms with Crippen LogP contribution in [0.3, 0.4) is 0 Å². The number of benzene rings is 1. The number of para-hydroxylation sites is 1. The molecule has 0 saturated heterocycles. The molecule has 0 amide bonds. The van der Waals surface area contributed by atoms with E-state index in [4.69, 9.17) is 4.74 Å². The topological polar surface area (TPSA) is 22.1 Å². The molecule has 4 heteroatoms. The predicted molar refractivity (Wildman–Crippen MR) is 67.8 cm³/mol. The van der Waals surface area contributed by atoms with Crippen LogP contribution >= 0.6 is 15.9 Å². The van der Waals surface area contributed by atoms with E-state index in [1.54, 1.807) is 0 Å². The van der Waals surface area contributed by atoms with E-state index >= 15 is 0 Å². The number of hydrogen-bond acceptors (Lipinski definition) is 2. The maximum absolute atomic E-state index is 13.6. The molecule has 0 radical (unpaired) electrons. The SMILES string of the molecule is CCc1ccccc1Oc1ncc(Br)cc1F. The van der Waals surface area contributed by atoms with Crippen molar-refractivity contribution in [3.63, 3.8) is 0 Å². The highest BCUT2D eigenvalue weighted by molar-refractivity contribution is 9.10. The smallest absolute Gasteiger partial charge is 0.255 e. The van der Waals surface area contributed by atoms with Gasteiger partial charge in [-0.1, -0.05) is 25.1 Å². The molecular weight excluding hydrogens is 285 g/mol. The van der Waals surface area contributed by atoms with E-state index in [9.17, 15) is 4.39 Å². The predicted octanol–water partition coefficient (Wildman–Crippen LogP) is 4.34. The van der Waals surface area contributed by atoms with Gasteiger partial charge >= 0.3 is 0 Å². The summed E-state index contributed by atoms with van der Waals surface area (Å²) in [5.74, 6) is 0.156. The lowest BCUT2D eigenvalue weighted by Gasteiger charge is -2.09. The Morgan fingerprint density at radius 1 is 1.35 bits per heavy atom. The standard InChI is InChI=1S/C13H11BrFNO/c1-2-9-5-3-4-6-12(9)17-13-11(15)7-10(14)8-16-13/h3-8H,2H2,1H3. The Morgan fingerprint density at radius 3 is 2.82 bits per heavy atom. The highest BCUT2D eigenvalue weighted by atomic mass is 79.9. The van der Waals surface area contributed by atoms with Crippen molar-refractivity contribution in [1.29, 1.82) is 0 Å². The zero-order chi connectivity index (χ0) is 12.3. The van der Waals surface area contributed by atoms with Crippen molar-refractivity contribution in [3.05, 3.63) is 52.4 Å². The lowest BCUT2D eigenvalue weighted by atomic mass is 10.1. The summed E-state index contributed by atoms with van der Waals surface area (Å²) >= 11 is 3.15. The number of rotatable bonds is 3. The number of aromatic nitrogens is 1. The van der Waals surface area contributed by atoms with Crippen molar-refractivity contribution in [2.24, 2.45) is 0 Å². The first-order valence-electron chi connectivity index (χ1n) is 5.27. The van der Waals surface area contributed by atoms with Crippen molar-refractivity contribution in [3.8, 4) is 11.6 Å². The average Bonchev–Trinajstić information content (AvgIpc) is 2.33. The Balaban J connectivity index is 2.31. The maximum atomic E-state index is 13.6. The molecular formula is C13H11BrFNO. The monoisotopic (exact) mass is 295 g/mol. The lowest BCUT2D eigenvalue weighted by Crippen LogP contribution is -1.94. The second-order valence-electron chi connectivity index (χ2n) is 3.50. The molecule has 88 valence electrons. The first kappa shape index (κ1) is 12.0. The normalized spacial score (nSPS) is 10.3. The Morgan fingerprint density at radius 2 is 2.12 bits per heavy atom. The molecule has 2 aromatic rings. The summed E-state index contributed by atoms with van der Waals surface area (Å²) < 4.78 is 19.6. The molecule has 1 heterocycles. The lowest BCUT2D eigenvalue weighted by molar-refractivity contribution is 0.418. The van der Waals surface area contributed by atoms with Crippen molar-refractivity contribution < 1.29 is 9.13 Å². The van der Waals surface area contributed by atoms with Crippen LogP contribution in [-0.4, -0.2) is 4.98 Å². The molecule has 1 aromatic heterocycles. The Labute approximate surface area is 108 Å². The average molecular weight is 296 g/mol. The van der Waals surface area contributed by atoms with Gasteiger partial charge < -0.3 is 4.74 Å². The first-order chi connectivity index (χ1) is 8.20. The van der Waals surface area contributed by atoms with Gasteiger partial charge in [0.2, 0.25) is 0 Å². The van der Waals surface area contributed by atoms with Gasteiger partial charge in [-0.25, -0.2) is 9.37 Å². The molecule has 17 heavy (non-hydrogen) atoms. The van der Waals surface area contributed by atoms with Crippen LogP contribution in [0.15, 0.2) is 41.0 Å². The number of ether oxygens (including phenoxy) is 1. The van der Waals surface area contributed by atoms with Crippen LogP contribution in [0, 0.1) is 5.82 Å². The molecule has 0 aliphatic heterocycles. The Kier molecular flexibility index (Phi) is 3.74.